The van der Waals surface area contributed by atoms with E-state index >= 15 is 0 Å². The van der Waals surface area contributed by atoms with Crippen molar-refractivity contribution in [2.75, 3.05) is 33.9 Å². The number of aliphatic hydroxyl groups excluding tert-OH is 1. The van der Waals surface area contributed by atoms with Crippen LogP contribution >= 0.6 is 0 Å². The highest BCUT2D eigenvalue weighted by Crippen LogP contribution is 2.76. The quantitative estimate of drug-likeness (QED) is 0.808. The van der Waals surface area contributed by atoms with Gasteiger partial charge in [0, 0.05) is 48.6 Å². The Balaban J connectivity index is 1.48. The van der Waals surface area contributed by atoms with Gasteiger partial charge in [0.25, 0.3) is 0 Å². The maximum Gasteiger partial charge on any atom is 0.165 e. The van der Waals surface area contributed by atoms with E-state index < -0.39 is 5.60 Å². The van der Waals surface area contributed by atoms with E-state index in [-0.39, 0.29) is 29.5 Å². The molecule has 0 unspecified atom stereocenters. The summed E-state index contributed by atoms with van der Waals surface area (Å²) < 4.78 is 19.0. The van der Waals surface area contributed by atoms with E-state index in [1.165, 1.54) is 36.9 Å². The molecule has 4 saturated carbocycles. The van der Waals surface area contributed by atoms with Crippen molar-refractivity contribution in [3.8, 4) is 11.5 Å². The lowest BCUT2D eigenvalue weighted by Crippen LogP contribution is -2.81. The molecule has 2 spiro atoms. The van der Waals surface area contributed by atoms with Gasteiger partial charge in [-0.15, -0.1) is 0 Å². The standard InChI is InChI=1S/C25H33NO4/c1-28-18-6-5-16-11-19-23-7-8-25(29-2,17(12-23)14-27)22-24(23,20(16)21(18)30-22)9-10-26(19)13-15-3-4-15/h5-6,15,17,19,22,27H,3-4,7-14H2,1-2H3/t17-,19+,22+,23+,24-,25+/m0/s1. The van der Waals surface area contributed by atoms with Gasteiger partial charge < -0.3 is 19.3 Å². The van der Waals surface area contributed by atoms with E-state index in [4.69, 9.17) is 14.2 Å². The summed E-state index contributed by atoms with van der Waals surface area (Å²) >= 11 is 0. The maximum atomic E-state index is 10.5. The Labute approximate surface area is 178 Å². The van der Waals surface area contributed by atoms with Crippen molar-refractivity contribution < 1.29 is 19.3 Å². The number of rotatable bonds is 5. The number of likely N-dealkylation sites (tertiary alicyclic amines) is 1. The summed E-state index contributed by atoms with van der Waals surface area (Å²) in [6.07, 6.45) is 8.24. The van der Waals surface area contributed by atoms with Crippen LogP contribution in [0, 0.1) is 17.3 Å². The zero-order valence-electron chi connectivity index (χ0n) is 18.2. The molecule has 1 aromatic carbocycles. The van der Waals surface area contributed by atoms with Gasteiger partial charge >= 0.3 is 0 Å². The first-order valence-corrected chi connectivity index (χ1v) is 11.9. The van der Waals surface area contributed by atoms with Crippen molar-refractivity contribution in [3.63, 3.8) is 0 Å². The summed E-state index contributed by atoms with van der Waals surface area (Å²) in [4.78, 5) is 2.84. The Bertz CT molecular complexity index is 915. The van der Waals surface area contributed by atoms with Gasteiger partial charge in [0.05, 0.1) is 7.11 Å². The largest absolute Gasteiger partial charge is 0.493 e. The molecule has 1 N–H and O–H groups in total. The number of aliphatic hydroxyl groups is 1. The maximum absolute atomic E-state index is 10.5. The molecule has 8 rings (SSSR count). The molecule has 5 aliphatic carbocycles. The number of hydrogen-bond donors (Lipinski definition) is 1. The van der Waals surface area contributed by atoms with Gasteiger partial charge in [-0.25, -0.2) is 0 Å². The van der Waals surface area contributed by atoms with Gasteiger partial charge in [-0.3, -0.25) is 4.90 Å². The van der Waals surface area contributed by atoms with Crippen molar-refractivity contribution in [2.24, 2.45) is 17.3 Å². The Morgan fingerprint density at radius 2 is 2.07 bits per heavy atom. The molecule has 0 radical (unpaired) electrons. The molecule has 1 aromatic rings. The van der Waals surface area contributed by atoms with Crippen LogP contribution in [0.15, 0.2) is 12.1 Å². The van der Waals surface area contributed by atoms with Crippen LogP contribution in [0.4, 0.5) is 0 Å². The predicted octanol–water partition coefficient (Wildman–Crippen LogP) is 2.91. The van der Waals surface area contributed by atoms with Crippen molar-refractivity contribution >= 4 is 0 Å². The second-order valence-corrected chi connectivity index (χ2v) is 10.9. The minimum Gasteiger partial charge on any atom is -0.493 e. The molecule has 5 heteroatoms. The molecule has 7 aliphatic rings. The zero-order valence-corrected chi connectivity index (χ0v) is 18.2. The lowest BCUT2D eigenvalue weighted by molar-refractivity contribution is -0.281. The van der Waals surface area contributed by atoms with Crippen LogP contribution in [0.3, 0.4) is 0 Å². The van der Waals surface area contributed by atoms with Crippen LogP contribution < -0.4 is 9.47 Å². The van der Waals surface area contributed by atoms with Crippen LogP contribution in [0.2, 0.25) is 0 Å². The van der Waals surface area contributed by atoms with Crippen molar-refractivity contribution in [1.29, 1.82) is 0 Å². The summed E-state index contributed by atoms with van der Waals surface area (Å²) in [5.74, 6) is 2.87. The number of ether oxygens (including phenoxy) is 3. The zero-order chi connectivity index (χ0) is 20.3. The first kappa shape index (κ1) is 18.3. The summed E-state index contributed by atoms with van der Waals surface area (Å²) in [7, 11) is 3.59. The van der Waals surface area contributed by atoms with Gasteiger partial charge in [0.15, 0.2) is 11.5 Å². The lowest BCUT2D eigenvalue weighted by Gasteiger charge is -2.73. The van der Waals surface area contributed by atoms with Crippen LogP contribution in [-0.4, -0.2) is 61.7 Å². The molecule has 0 amide bonds. The average molecular weight is 412 g/mol. The fourth-order valence-corrected chi connectivity index (χ4v) is 8.91. The smallest absolute Gasteiger partial charge is 0.165 e. The topological polar surface area (TPSA) is 51.2 Å². The van der Waals surface area contributed by atoms with Crippen LogP contribution in [0.5, 0.6) is 11.5 Å². The fourth-order valence-electron chi connectivity index (χ4n) is 8.91. The van der Waals surface area contributed by atoms with E-state index in [2.05, 4.69) is 17.0 Å². The Hall–Kier alpha value is -1.30. The van der Waals surface area contributed by atoms with Crippen LogP contribution in [-0.2, 0) is 16.6 Å². The first-order valence-electron chi connectivity index (χ1n) is 11.9. The third-order valence-electron chi connectivity index (χ3n) is 10.2. The molecule has 0 aromatic heterocycles. The number of hydrogen-bond acceptors (Lipinski definition) is 5. The number of benzene rings is 1. The van der Waals surface area contributed by atoms with Crippen LogP contribution in [0.25, 0.3) is 0 Å². The summed E-state index contributed by atoms with van der Waals surface area (Å²) in [6.45, 7) is 2.59. The fraction of sp³-hybridized carbons (Fsp3) is 0.760. The van der Waals surface area contributed by atoms with Gasteiger partial charge in [0.2, 0.25) is 0 Å². The van der Waals surface area contributed by atoms with Crippen molar-refractivity contribution in [1.82, 2.24) is 4.90 Å². The second kappa shape index (κ2) is 5.73. The molecule has 30 heavy (non-hydrogen) atoms. The number of methoxy groups -OCH3 is 2. The Kier molecular flexibility index (Phi) is 3.49. The second-order valence-electron chi connectivity index (χ2n) is 10.9. The molecule has 6 atom stereocenters. The van der Waals surface area contributed by atoms with E-state index in [9.17, 15) is 5.11 Å². The van der Waals surface area contributed by atoms with Crippen molar-refractivity contribution in [3.05, 3.63) is 23.3 Å². The van der Waals surface area contributed by atoms with Crippen molar-refractivity contribution in [2.45, 2.75) is 68.1 Å². The van der Waals surface area contributed by atoms with E-state index in [0.29, 0.717) is 6.04 Å². The number of piperidine rings is 1. The molecule has 4 bridgehead atoms. The summed E-state index contributed by atoms with van der Waals surface area (Å²) in [6, 6.07) is 4.96. The molecule has 5 fully saturated rings. The third-order valence-corrected chi connectivity index (χ3v) is 10.2. The van der Waals surface area contributed by atoms with Gasteiger partial charge in [-0.2, -0.15) is 0 Å². The highest BCUT2D eigenvalue weighted by molar-refractivity contribution is 5.63. The summed E-state index contributed by atoms with van der Waals surface area (Å²) in [5, 5.41) is 10.5. The Morgan fingerprint density at radius 1 is 1.20 bits per heavy atom. The molecule has 2 aliphatic heterocycles. The Morgan fingerprint density at radius 3 is 2.80 bits per heavy atom. The summed E-state index contributed by atoms with van der Waals surface area (Å²) in [5.41, 5.74) is 2.66. The molecular weight excluding hydrogens is 378 g/mol. The first-order chi connectivity index (χ1) is 14.6. The van der Waals surface area contributed by atoms with Crippen LogP contribution in [0.1, 0.15) is 49.7 Å². The van der Waals surface area contributed by atoms with Gasteiger partial charge in [-0.1, -0.05) is 6.07 Å². The SMILES string of the molecule is COc1ccc2c3c1O[C@H]1[C@@]4(OC)CC[C@@]5(C[C@H]4CO)[C@@H](C2)N(CC2CC2)CC[C@]315. The van der Waals surface area contributed by atoms with E-state index in [0.717, 1.165) is 49.6 Å². The normalized spacial score (nSPS) is 45.2. The minimum atomic E-state index is -0.404. The monoisotopic (exact) mass is 411 g/mol. The molecule has 1 saturated heterocycles. The van der Waals surface area contributed by atoms with Gasteiger partial charge in [0.1, 0.15) is 11.7 Å². The highest BCUT2D eigenvalue weighted by Gasteiger charge is 2.80. The average Bonchev–Trinajstić information content (AvgIpc) is 3.52. The number of fused-ring (bicyclic) bond motifs is 2. The molecular formula is C25H33NO4. The minimum absolute atomic E-state index is 0.00486. The molecule has 162 valence electrons. The number of nitrogens with zero attached hydrogens (tertiary/aromatic N) is 1. The van der Waals surface area contributed by atoms with Gasteiger partial charge in [-0.05, 0) is 69.0 Å². The van der Waals surface area contributed by atoms with E-state index in [1.54, 1.807) is 7.11 Å². The molecule has 5 nitrogen and oxygen atoms in total. The predicted molar refractivity (Wildman–Crippen MR) is 112 cm³/mol. The molecule has 2 heterocycles. The lowest BCUT2D eigenvalue weighted by atomic mass is 9.35. The highest BCUT2D eigenvalue weighted by atomic mass is 16.6. The third kappa shape index (κ3) is 1.81. The van der Waals surface area contributed by atoms with E-state index in [1.807, 2.05) is 7.11 Å².